The van der Waals surface area contributed by atoms with Crippen molar-refractivity contribution >= 4 is 40.0 Å². The number of esters is 1. The lowest BCUT2D eigenvalue weighted by Gasteiger charge is -2.33. The second-order valence-corrected chi connectivity index (χ2v) is 10.9. The van der Waals surface area contributed by atoms with E-state index in [2.05, 4.69) is 31.1 Å². The van der Waals surface area contributed by atoms with Gasteiger partial charge in [0.2, 0.25) is 5.91 Å². The molecule has 0 saturated carbocycles. The van der Waals surface area contributed by atoms with Crippen molar-refractivity contribution in [3.63, 3.8) is 0 Å². The van der Waals surface area contributed by atoms with E-state index in [9.17, 15) is 9.59 Å². The van der Waals surface area contributed by atoms with Crippen LogP contribution in [0.5, 0.6) is 0 Å². The van der Waals surface area contributed by atoms with Crippen molar-refractivity contribution in [3.8, 4) is 0 Å². The molecule has 2 aromatic heterocycles. The Morgan fingerprint density at radius 1 is 1.40 bits per heavy atom. The van der Waals surface area contributed by atoms with Gasteiger partial charge in [-0.25, -0.2) is 9.78 Å². The molecule has 0 saturated heterocycles. The van der Waals surface area contributed by atoms with Crippen LogP contribution in [-0.2, 0) is 29.4 Å². The van der Waals surface area contributed by atoms with Crippen LogP contribution in [0.4, 0.5) is 5.00 Å². The standard InChI is InChI=1S/C22H31N3O3S2/c1-6-28-20(27)18-15-8-7-14(22(2,3)4)13-16(15)30-19(18)24-17(26)9-12-29-21-23-10-11-25(21)5/h10-11,14H,6-9,12-13H2,1-5H3,(H,24,26). The quantitative estimate of drug-likeness (QED) is 0.479. The zero-order valence-corrected chi connectivity index (χ0v) is 20.0. The molecule has 1 aliphatic rings. The number of nitrogens with one attached hydrogen (secondary N) is 1. The van der Waals surface area contributed by atoms with E-state index in [1.165, 1.54) is 4.88 Å². The fraction of sp³-hybridized carbons (Fsp3) is 0.591. The molecule has 3 rings (SSSR count). The number of thioether (sulfide) groups is 1. The Balaban J connectivity index is 1.73. The number of aryl methyl sites for hydroxylation is 1. The van der Waals surface area contributed by atoms with Crippen molar-refractivity contribution < 1.29 is 14.3 Å². The number of amides is 1. The molecule has 1 aliphatic carbocycles. The molecule has 0 spiro atoms. The number of ether oxygens (including phenoxy) is 1. The summed E-state index contributed by atoms with van der Waals surface area (Å²) in [6.07, 6.45) is 6.83. The van der Waals surface area contributed by atoms with Crippen LogP contribution < -0.4 is 5.32 Å². The van der Waals surface area contributed by atoms with Gasteiger partial charge >= 0.3 is 5.97 Å². The van der Waals surface area contributed by atoms with Crippen molar-refractivity contribution in [2.24, 2.45) is 18.4 Å². The molecule has 1 unspecified atom stereocenters. The third kappa shape index (κ3) is 5.27. The van der Waals surface area contributed by atoms with Gasteiger partial charge in [-0.2, -0.15) is 0 Å². The highest BCUT2D eigenvalue weighted by Gasteiger charge is 2.34. The fourth-order valence-electron chi connectivity index (χ4n) is 3.75. The van der Waals surface area contributed by atoms with Crippen molar-refractivity contribution in [1.29, 1.82) is 0 Å². The lowest BCUT2D eigenvalue weighted by atomic mass is 9.72. The second kappa shape index (κ2) is 9.56. The van der Waals surface area contributed by atoms with Crippen LogP contribution >= 0.6 is 23.1 Å². The van der Waals surface area contributed by atoms with E-state index < -0.39 is 0 Å². The maximum atomic E-state index is 12.7. The number of thiophene rings is 1. The van der Waals surface area contributed by atoms with Gasteiger partial charge in [0, 0.05) is 36.5 Å². The lowest BCUT2D eigenvalue weighted by molar-refractivity contribution is -0.115. The van der Waals surface area contributed by atoms with E-state index in [-0.39, 0.29) is 17.3 Å². The summed E-state index contributed by atoms with van der Waals surface area (Å²) in [5.74, 6) is 0.773. The molecule has 6 nitrogen and oxygen atoms in total. The van der Waals surface area contributed by atoms with Gasteiger partial charge in [0.15, 0.2) is 5.16 Å². The average Bonchev–Trinajstić information content (AvgIpc) is 3.23. The summed E-state index contributed by atoms with van der Waals surface area (Å²) in [5.41, 5.74) is 1.85. The molecule has 0 bridgehead atoms. The molecule has 8 heteroatoms. The van der Waals surface area contributed by atoms with Crippen LogP contribution in [0, 0.1) is 11.3 Å². The van der Waals surface area contributed by atoms with Gasteiger partial charge < -0.3 is 14.6 Å². The SMILES string of the molecule is CCOC(=O)c1c(NC(=O)CCSc2nccn2C)sc2c1CCC(C(C)(C)C)C2. The molecule has 1 atom stereocenters. The van der Waals surface area contributed by atoms with Crippen LogP contribution in [0.25, 0.3) is 0 Å². The molecule has 164 valence electrons. The topological polar surface area (TPSA) is 73.2 Å². The van der Waals surface area contributed by atoms with Crippen molar-refractivity contribution in [2.75, 3.05) is 17.7 Å². The minimum Gasteiger partial charge on any atom is -0.462 e. The zero-order valence-electron chi connectivity index (χ0n) is 18.4. The molecular formula is C22H31N3O3S2. The number of anilines is 1. The van der Waals surface area contributed by atoms with Gasteiger partial charge in [-0.3, -0.25) is 4.79 Å². The van der Waals surface area contributed by atoms with Crippen LogP contribution in [0.1, 0.15) is 61.3 Å². The van der Waals surface area contributed by atoms with E-state index in [0.29, 0.717) is 35.3 Å². The Morgan fingerprint density at radius 3 is 2.80 bits per heavy atom. The predicted molar refractivity (Wildman–Crippen MR) is 122 cm³/mol. The molecule has 30 heavy (non-hydrogen) atoms. The maximum Gasteiger partial charge on any atom is 0.341 e. The number of aromatic nitrogens is 2. The minimum atomic E-state index is -0.332. The maximum absolute atomic E-state index is 12.7. The molecule has 0 aromatic carbocycles. The molecule has 0 radical (unpaired) electrons. The number of hydrogen-bond donors (Lipinski definition) is 1. The van der Waals surface area contributed by atoms with E-state index >= 15 is 0 Å². The highest BCUT2D eigenvalue weighted by Crippen LogP contribution is 2.44. The summed E-state index contributed by atoms with van der Waals surface area (Å²) in [7, 11) is 1.93. The van der Waals surface area contributed by atoms with Crippen molar-refractivity contribution in [1.82, 2.24) is 9.55 Å². The minimum absolute atomic E-state index is 0.0896. The summed E-state index contributed by atoms with van der Waals surface area (Å²) >= 11 is 3.09. The molecule has 0 fully saturated rings. The number of fused-ring (bicyclic) bond motifs is 1. The van der Waals surface area contributed by atoms with Crippen LogP contribution in [0.3, 0.4) is 0 Å². The predicted octanol–water partition coefficient (Wildman–Crippen LogP) is 4.93. The van der Waals surface area contributed by atoms with E-state index in [1.807, 2.05) is 17.8 Å². The van der Waals surface area contributed by atoms with Crippen molar-refractivity contribution in [3.05, 3.63) is 28.4 Å². The molecule has 2 heterocycles. The number of hydrogen-bond acceptors (Lipinski definition) is 6. The van der Waals surface area contributed by atoms with Gasteiger partial charge in [-0.15, -0.1) is 11.3 Å². The normalized spacial score (nSPS) is 16.2. The third-order valence-electron chi connectivity index (χ3n) is 5.56. The van der Waals surface area contributed by atoms with Gasteiger partial charge in [0.1, 0.15) is 5.00 Å². The average molecular weight is 450 g/mol. The summed E-state index contributed by atoms with van der Waals surface area (Å²) in [4.78, 5) is 30.8. The first-order chi connectivity index (χ1) is 14.2. The first-order valence-corrected chi connectivity index (χ1v) is 12.2. The molecule has 0 aliphatic heterocycles. The third-order valence-corrected chi connectivity index (χ3v) is 7.79. The first-order valence-electron chi connectivity index (χ1n) is 10.4. The molecule has 1 amide bonds. The Hall–Kier alpha value is -1.80. The Kier molecular flexibility index (Phi) is 7.29. The van der Waals surface area contributed by atoms with Gasteiger partial charge in [-0.1, -0.05) is 32.5 Å². The molecule has 1 N–H and O–H groups in total. The summed E-state index contributed by atoms with van der Waals surface area (Å²) in [6, 6.07) is 0. The van der Waals surface area contributed by atoms with Crippen LogP contribution in [-0.4, -0.2) is 33.8 Å². The number of rotatable bonds is 7. The van der Waals surface area contributed by atoms with Crippen LogP contribution in [0.2, 0.25) is 0 Å². The first kappa shape index (κ1) is 22.9. The lowest BCUT2D eigenvalue weighted by Crippen LogP contribution is -2.26. The Labute approximate surface area is 186 Å². The van der Waals surface area contributed by atoms with Crippen molar-refractivity contribution in [2.45, 2.75) is 58.5 Å². The smallest absolute Gasteiger partial charge is 0.341 e. The highest BCUT2D eigenvalue weighted by molar-refractivity contribution is 7.99. The number of carbonyl (C=O) groups is 2. The Morgan fingerprint density at radius 2 is 2.17 bits per heavy atom. The van der Waals surface area contributed by atoms with E-state index in [1.54, 1.807) is 36.2 Å². The Bertz CT molecular complexity index is 911. The molecule has 2 aromatic rings. The summed E-state index contributed by atoms with van der Waals surface area (Å²) < 4.78 is 7.24. The summed E-state index contributed by atoms with van der Waals surface area (Å²) in [6.45, 7) is 8.93. The number of nitrogens with zero attached hydrogens (tertiary/aromatic N) is 2. The second-order valence-electron chi connectivity index (χ2n) is 8.70. The monoisotopic (exact) mass is 449 g/mol. The highest BCUT2D eigenvalue weighted by atomic mass is 32.2. The number of imidazole rings is 1. The van der Waals surface area contributed by atoms with E-state index in [4.69, 9.17) is 4.74 Å². The summed E-state index contributed by atoms with van der Waals surface area (Å²) in [5, 5.41) is 4.52. The van der Waals surface area contributed by atoms with Gasteiger partial charge in [0.05, 0.1) is 12.2 Å². The van der Waals surface area contributed by atoms with E-state index in [0.717, 1.165) is 30.0 Å². The van der Waals surface area contributed by atoms with Gasteiger partial charge in [-0.05, 0) is 43.1 Å². The number of carbonyl (C=O) groups excluding carboxylic acids is 2. The molecular weight excluding hydrogens is 418 g/mol. The largest absolute Gasteiger partial charge is 0.462 e. The van der Waals surface area contributed by atoms with Crippen LogP contribution in [0.15, 0.2) is 17.6 Å². The van der Waals surface area contributed by atoms with Gasteiger partial charge in [0.25, 0.3) is 0 Å². The fourth-order valence-corrected chi connectivity index (χ4v) is 5.95. The zero-order chi connectivity index (χ0) is 21.9.